The van der Waals surface area contributed by atoms with Crippen LogP contribution in [-0.4, -0.2) is 9.78 Å². The van der Waals surface area contributed by atoms with Gasteiger partial charge in [0.05, 0.1) is 11.4 Å². The molecule has 0 amide bonds. The van der Waals surface area contributed by atoms with Gasteiger partial charge in [0.15, 0.2) is 0 Å². The number of hydrogen-bond donors (Lipinski definition) is 0. The average Bonchev–Trinajstić information content (AvgIpc) is 2.82. The Labute approximate surface area is 121 Å². The number of benzene rings is 1. The highest BCUT2D eigenvalue weighted by Gasteiger charge is 2.09. The second kappa shape index (κ2) is 5.89. The molecule has 0 saturated carbocycles. The molecule has 0 unspecified atom stereocenters. The lowest BCUT2D eigenvalue weighted by Gasteiger charge is -2.08. The zero-order valence-electron chi connectivity index (χ0n) is 10.6. The SMILES string of the molecule is CCc1cc(CC)n(-c2ccc(CBr)c(Cl)c2)n1. The summed E-state index contributed by atoms with van der Waals surface area (Å²) in [4.78, 5) is 0. The lowest BCUT2D eigenvalue weighted by atomic mass is 10.2. The number of nitrogens with zero attached hydrogens (tertiary/aromatic N) is 2. The van der Waals surface area contributed by atoms with Gasteiger partial charge in [-0.05, 0) is 36.6 Å². The highest BCUT2D eigenvalue weighted by molar-refractivity contribution is 9.08. The molecule has 2 nitrogen and oxygen atoms in total. The van der Waals surface area contributed by atoms with Crippen LogP contribution in [0.1, 0.15) is 30.8 Å². The molecule has 18 heavy (non-hydrogen) atoms. The van der Waals surface area contributed by atoms with Gasteiger partial charge in [-0.1, -0.05) is 47.4 Å². The smallest absolute Gasteiger partial charge is 0.0663 e. The third-order valence-electron chi connectivity index (χ3n) is 2.98. The van der Waals surface area contributed by atoms with Crippen LogP contribution < -0.4 is 0 Å². The lowest BCUT2D eigenvalue weighted by molar-refractivity contribution is 0.794. The Morgan fingerprint density at radius 1 is 1.22 bits per heavy atom. The highest BCUT2D eigenvalue weighted by Crippen LogP contribution is 2.23. The summed E-state index contributed by atoms with van der Waals surface area (Å²) in [5.41, 5.74) is 4.46. The van der Waals surface area contributed by atoms with Crippen LogP contribution in [0.25, 0.3) is 5.69 Å². The first-order chi connectivity index (χ1) is 8.69. The van der Waals surface area contributed by atoms with Crippen molar-refractivity contribution in [1.29, 1.82) is 0 Å². The van der Waals surface area contributed by atoms with Gasteiger partial charge in [0.1, 0.15) is 0 Å². The molecule has 2 rings (SSSR count). The first kappa shape index (κ1) is 13.6. The molecule has 0 spiro atoms. The molecule has 1 aromatic heterocycles. The van der Waals surface area contributed by atoms with Crippen molar-refractivity contribution in [2.45, 2.75) is 32.0 Å². The summed E-state index contributed by atoms with van der Waals surface area (Å²) >= 11 is 9.67. The molecule has 0 atom stereocenters. The second-order valence-electron chi connectivity index (χ2n) is 4.16. The van der Waals surface area contributed by atoms with E-state index in [9.17, 15) is 0 Å². The molecular formula is C14H16BrClN2. The third-order valence-corrected chi connectivity index (χ3v) is 3.94. The summed E-state index contributed by atoms with van der Waals surface area (Å²) in [6, 6.07) is 8.24. The number of aromatic nitrogens is 2. The minimum atomic E-state index is 0.770. The maximum absolute atomic E-state index is 6.24. The first-order valence-corrected chi connectivity index (χ1v) is 7.62. The van der Waals surface area contributed by atoms with Crippen LogP contribution >= 0.6 is 27.5 Å². The maximum atomic E-state index is 6.24. The molecule has 2 aromatic rings. The minimum absolute atomic E-state index is 0.770. The summed E-state index contributed by atoms with van der Waals surface area (Å²) in [5.74, 6) is 0. The molecule has 4 heteroatoms. The maximum Gasteiger partial charge on any atom is 0.0663 e. The molecule has 0 saturated heterocycles. The zero-order chi connectivity index (χ0) is 13.1. The highest BCUT2D eigenvalue weighted by atomic mass is 79.9. The van der Waals surface area contributed by atoms with Crippen molar-refractivity contribution in [2.75, 3.05) is 0 Å². The van der Waals surface area contributed by atoms with Crippen LogP contribution in [0.4, 0.5) is 0 Å². The van der Waals surface area contributed by atoms with Crippen molar-refractivity contribution in [2.24, 2.45) is 0 Å². The van der Waals surface area contributed by atoms with Crippen molar-refractivity contribution in [3.05, 3.63) is 46.2 Å². The van der Waals surface area contributed by atoms with Crippen LogP contribution in [0.3, 0.4) is 0 Å². The van der Waals surface area contributed by atoms with E-state index in [0.717, 1.165) is 40.1 Å². The first-order valence-electron chi connectivity index (χ1n) is 6.12. The quantitative estimate of drug-likeness (QED) is 0.754. The Balaban J connectivity index is 2.47. The summed E-state index contributed by atoms with van der Waals surface area (Å²) < 4.78 is 1.99. The predicted octanol–water partition coefficient (Wildman–Crippen LogP) is 4.55. The fraction of sp³-hybridized carbons (Fsp3) is 0.357. The molecule has 0 radical (unpaired) electrons. The topological polar surface area (TPSA) is 17.8 Å². The molecule has 0 bridgehead atoms. The van der Waals surface area contributed by atoms with Crippen molar-refractivity contribution in [1.82, 2.24) is 9.78 Å². The number of alkyl halides is 1. The van der Waals surface area contributed by atoms with Gasteiger partial charge in [-0.3, -0.25) is 0 Å². The third kappa shape index (κ3) is 2.62. The molecule has 0 fully saturated rings. The Morgan fingerprint density at radius 2 is 2.00 bits per heavy atom. The van der Waals surface area contributed by atoms with E-state index in [4.69, 9.17) is 11.6 Å². The second-order valence-corrected chi connectivity index (χ2v) is 5.12. The van der Waals surface area contributed by atoms with E-state index in [1.54, 1.807) is 0 Å². The van der Waals surface area contributed by atoms with Crippen LogP contribution in [0.2, 0.25) is 5.02 Å². The van der Waals surface area contributed by atoms with E-state index in [1.165, 1.54) is 5.69 Å². The molecule has 0 aliphatic rings. The van der Waals surface area contributed by atoms with Gasteiger partial charge < -0.3 is 0 Å². The monoisotopic (exact) mass is 326 g/mol. The number of rotatable bonds is 4. The van der Waals surface area contributed by atoms with Gasteiger partial charge in [0.25, 0.3) is 0 Å². The van der Waals surface area contributed by atoms with Crippen molar-refractivity contribution < 1.29 is 0 Å². The predicted molar refractivity (Wildman–Crippen MR) is 80.0 cm³/mol. The normalized spacial score (nSPS) is 10.9. The largest absolute Gasteiger partial charge is 0.238 e. The van der Waals surface area contributed by atoms with Gasteiger partial charge in [-0.2, -0.15) is 5.10 Å². The summed E-state index contributed by atoms with van der Waals surface area (Å²) in [5, 5.41) is 6.16. The minimum Gasteiger partial charge on any atom is -0.238 e. The number of hydrogen-bond acceptors (Lipinski definition) is 1. The summed E-state index contributed by atoms with van der Waals surface area (Å²) in [6.45, 7) is 4.26. The van der Waals surface area contributed by atoms with Crippen molar-refractivity contribution in [3.8, 4) is 5.69 Å². The molecular weight excluding hydrogens is 312 g/mol. The molecule has 1 aromatic carbocycles. The van der Waals surface area contributed by atoms with E-state index in [-0.39, 0.29) is 0 Å². The fourth-order valence-corrected chi connectivity index (χ4v) is 2.79. The van der Waals surface area contributed by atoms with Gasteiger partial charge in [-0.25, -0.2) is 4.68 Å². The molecule has 0 N–H and O–H groups in total. The van der Waals surface area contributed by atoms with Crippen LogP contribution in [0.5, 0.6) is 0 Å². The molecule has 96 valence electrons. The Bertz CT molecular complexity index is 549. The molecule has 1 heterocycles. The van der Waals surface area contributed by atoms with Gasteiger partial charge >= 0.3 is 0 Å². The van der Waals surface area contributed by atoms with E-state index in [0.29, 0.717) is 0 Å². The standard InChI is InChI=1S/C14H16BrClN2/c1-3-11-7-12(4-2)18(17-11)13-6-5-10(9-15)14(16)8-13/h5-8H,3-4,9H2,1-2H3. The Hall–Kier alpha value is -0.800. The van der Waals surface area contributed by atoms with Crippen LogP contribution in [0, 0.1) is 0 Å². The van der Waals surface area contributed by atoms with E-state index < -0.39 is 0 Å². The summed E-state index contributed by atoms with van der Waals surface area (Å²) in [6.07, 6.45) is 1.91. The number of halogens is 2. The van der Waals surface area contributed by atoms with Gasteiger partial charge in [0.2, 0.25) is 0 Å². The van der Waals surface area contributed by atoms with Crippen molar-refractivity contribution >= 4 is 27.5 Å². The van der Waals surface area contributed by atoms with Crippen LogP contribution in [-0.2, 0) is 18.2 Å². The molecule has 0 aliphatic heterocycles. The Morgan fingerprint density at radius 3 is 2.56 bits per heavy atom. The van der Waals surface area contributed by atoms with E-state index in [2.05, 4.69) is 47.0 Å². The van der Waals surface area contributed by atoms with Gasteiger partial charge in [0, 0.05) is 16.0 Å². The van der Waals surface area contributed by atoms with E-state index >= 15 is 0 Å². The average molecular weight is 328 g/mol. The van der Waals surface area contributed by atoms with Gasteiger partial charge in [-0.15, -0.1) is 0 Å². The zero-order valence-corrected chi connectivity index (χ0v) is 12.9. The lowest BCUT2D eigenvalue weighted by Crippen LogP contribution is -2.02. The Kier molecular flexibility index (Phi) is 4.46. The fourth-order valence-electron chi connectivity index (χ4n) is 1.90. The summed E-state index contributed by atoms with van der Waals surface area (Å²) in [7, 11) is 0. The van der Waals surface area contributed by atoms with Crippen LogP contribution in [0.15, 0.2) is 24.3 Å². The number of aryl methyl sites for hydroxylation is 2. The molecule has 0 aliphatic carbocycles. The van der Waals surface area contributed by atoms with E-state index in [1.807, 2.05) is 16.8 Å². The van der Waals surface area contributed by atoms with Crippen molar-refractivity contribution in [3.63, 3.8) is 0 Å².